The molecule has 2 amide bonds. The molecular weight excluding hydrogens is 230 g/mol. The van der Waals surface area contributed by atoms with Gasteiger partial charge in [-0.3, -0.25) is 9.59 Å². The Morgan fingerprint density at radius 2 is 1.78 bits per heavy atom. The Morgan fingerprint density at radius 3 is 2.28 bits per heavy atom. The summed E-state index contributed by atoms with van der Waals surface area (Å²) in [6.07, 6.45) is 5.80. The molecule has 2 N–H and O–H groups in total. The standard InChI is InChI=1S/C13H25N3O2/c1-10(14)13(18)15(2)9-12(17)16(3)11-7-5-4-6-8-11/h10-11H,4-9,14H2,1-3H3/t10-/m1/s1. The maximum Gasteiger partial charge on any atom is 0.242 e. The maximum atomic E-state index is 12.1. The third-order valence-corrected chi connectivity index (χ3v) is 3.65. The summed E-state index contributed by atoms with van der Waals surface area (Å²) in [7, 11) is 3.46. The van der Waals surface area contributed by atoms with Gasteiger partial charge in [0.25, 0.3) is 0 Å². The topological polar surface area (TPSA) is 66.6 Å². The first kappa shape index (κ1) is 15.0. The van der Waals surface area contributed by atoms with E-state index in [0.29, 0.717) is 6.04 Å². The fraction of sp³-hybridized carbons (Fsp3) is 0.846. The van der Waals surface area contributed by atoms with E-state index in [1.54, 1.807) is 18.9 Å². The van der Waals surface area contributed by atoms with Crippen LogP contribution in [0.15, 0.2) is 0 Å². The highest BCUT2D eigenvalue weighted by Gasteiger charge is 2.24. The summed E-state index contributed by atoms with van der Waals surface area (Å²) < 4.78 is 0. The van der Waals surface area contributed by atoms with Crippen molar-refractivity contribution >= 4 is 11.8 Å². The molecule has 0 saturated heterocycles. The summed E-state index contributed by atoms with van der Waals surface area (Å²) in [6.45, 7) is 1.75. The molecule has 0 aromatic heterocycles. The van der Waals surface area contributed by atoms with Gasteiger partial charge in [0.05, 0.1) is 12.6 Å². The van der Waals surface area contributed by atoms with Crippen LogP contribution in [0.1, 0.15) is 39.0 Å². The SMILES string of the molecule is C[C@@H](N)C(=O)N(C)CC(=O)N(C)C1CCCCC1. The molecule has 0 aliphatic heterocycles. The molecule has 0 bridgehead atoms. The van der Waals surface area contributed by atoms with E-state index in [1.165, 1.54) is 24.2 Å². The predicted octanol–water partition coefficient (Wildman–Crippen LogP) is 0.583. The molecule has 1 rings (SSSR count). The fourth-order valence-electron chi connectivity index (χ4n) is 2.41. The summed E-state index contributed by atoms with van der Waals surface area (Å²) in [6, 6.07) is -0.215. The van der Waals surface area contributed by atoms with Gasteiger partial charge in [-0.15, -0.1) is 0 Å². The lowest BCUT2D eigenvalue weighted by molar-refractivity contribution is -0.140. The summed E-state index contributed by atoms with van der Waals surface area (Å²) in [4.78, 5) is 26.9. The van der Waals surface area contributed by atoms with Gasteiger partial charge < -0.3 is 15.5 Å². The minimum atomic E-state index is -0.553. The van der Waals surface area contributed by atoms with Crippen molar-refractivity contribution in [3.05, 3.63) is 0 Å². The normalized spacial score (nSPS) is 18.2. The summed E-state index contributed by atoms with van der Waals surface area (Å²) in [5.41, 5.74) is 5.52. The molecule has 0 unspecified atom stereocenters. The van der Waals surface area contributed by atoms with Crippen LogP contribution < -0.4 is 5.73 Å². The van der Waals surface area contributed by atoms with E-state index in [9.17, 15) is 9.59 Å². The minimum absolute atomic E-state index is 0.00148. The Morgan fingerprint density at radius 1 is 1.22 bits per heavy atom. The largest absolute Gasteiger partial charge is 0.341 e. The summed E-state index contributed by atoms with van der Waals surface area (Å²) in [5, 5.41) is 0. The highest BCUT2D eigenvalue weighted by Crippen LogP contribution is 2.21. The van der Waals surface area contributed by atoms with Gasteiger partial charge in [0.15, 0.2) is 0 Å². The zero-order valence-corrected chi connectivity index (χ0v) is 11.7. The van der Waals surface area contributed by atoms with Gasteiger partial charge in [-0.2, -0.15) is 0 Å². The Labute approximate surface area is 109 Å². The smallest absolute Gasteiger partial charge is 0.242 e. The average molecular weight is 255 g/mol. The van der Waals surface area contributed by atoms with Crippen LogP contribution in [-0.2, 0) is 9.59 Å². The third kappa shape index (κ3) is 3.98. The highest BCUT2D eigenvalue weighted by atomic mass is 16.2. The van der Waals surface area contributed by atoms with Crippen LogP contribution in [0.5, 0.6) is 0 Å². The number of rotatable bonds is 4. The van der Waals surface area contributed by atoms with Crippen LogP contribution in [-0.4, -0.2) is 54.3 Å². The van der Waals surface area contributed by atoms with Gasteiger partial charge in [0.2, 0.25) is 11.8 Å². The van der Waals surface area contributed by atoms with Crippen LogP contribution >= 0.6 is 0 Å². The van der Waals surface area contributed by atoms with Gasteiger partial charge in [-0.1, -0.05) is 19.3 Å². The van der Waals surface area contributed by atoms with Gasteiger partial charge in [-0.05, 0) is 19.8 Å². The first-order valence-electron chi connectivity index (χ1n) is 6.69. The number of hydrogen-bond acceptors (Lipinski definition) is 3. The Kier molecular flexibility index (Phi) is 5.59. The molecule has 0 aromatic carbocycles. The lowest BCUT2D eigenvalue weighted by Crippen LogP contribution is -2.47. The van der Waals surface area contributed by atoms with E-state index in [2.05, 4.69) is 0 Å². The van der Waals surface area contributed by atoms with E-state index in [-0.39, 0.29) is 18.4 Å². The van der Waals surface area contributed by atoms with E-state index < -0.39 is 6.04 Å². The van der Waals surface area contributed by atoms with E-state index in [0.717, 1.165) is 12.8 Å². The van der Waals surface area contributed by atoms with Gasteiger partial charge in [0.1, 0.15) is 0 Å². The molecule has 5 nitrogen and oxygen atoms in total. The zero-order chi connectivity index (χ0) is 13.7. The monoisotopic (exact) mass is 255 g/mol. The number of nitrogens with two attached hydrogens (primary N) is 1. The van der Waals surface area contributed by atoms with Crippen LogP contribution in [0.4, 0.5) is 0 Å². The molecular formula is C13H25N3O2. The highest BCUT2D eigenvalue weighted by molar-refractivity contribution is 5.87. The van der Waals surface area contributed by atoms with E-state index >= 15 is 0 Å². The van der Waals surface area contributed by atoms with Crippen molar-refractivity contribution in [1.29, 1.82) is 0 Å². The van der Waals surface area contributed by atoms with Crippen molar-refractivity contribution in [1.82, 2.24) is 9.80 Å². The second-order valence-electron chi connectivity index (χ2n) is 5.28. The van der Waals surface area contributed by atoms with Gasteiger partial charge in [0, 0.05) is 20.1 Å². The number of likely N-dealkylation sites (N-methyl/N-ethyl adjacent to an activating group) is 2. The Hall–Kier alpha value is -1.10. The van der Waals surface area contributed by atoms with Crippen LogP contribution in [0, 0.1) is 0 Å². The molecule has 18 heavy (non-hydrogen) atoms. The van der Waals surface area contributed by atoms with Crippen molar-refractivity contribution in [3.63, 3.8) is 0 Å². The Bertz CT molecular complexity index is 299. The summed E-state index contributed by atoms with van der Waals surface area (Å²) >= 11 is 0. The average Bonchev–Trinajstić information content (AvgIpc) is 2.37. The molecule has 0 heterocycles. The molecule has 104 valence electrons. The summed E-state index contributed by atoms with van der Waals surface area (Å²) in [5.74, 6) is -0.196. The number of carbonyl (C=O) groups is 2. The molecule has 1 fully saturated rings. The number of amides is 2. The van der Waals surface area contributed by atoms with Crippen molar-refractivity contribution < 1.29 is 9.59 Å². The van der Waals surface area contributed by atoms with Crippen molar-refractivity contribution in [2.24, 2.45) is 5.73 Å². The van der Waals surface area contributed by atoms with Crippen molar-refractivity contribution in [2.75, 3.05) is 20.6 Å². The van der Waals surface area contributed by atoms with Crippen LogP contribution in [0.2, 0.25) is 0 Å². The first-order valence-corrected chi connectivity index (χ1v) is 6.69. The lowest BCUT2D eigenvalue weighted by atomic mass is 9.94. The van der Waals surface area contributed by atoms with Crippen molar-refractivity contribution in [2.45, 2.75) is 51.1 Å². The predicted molar refractivity (Wildman–Crippen MR) is 70.9 cm³/mol. The molecule has 0 aromatic rings. The molecule has 1 atom stereocenters. The fourth-order valence-corrected chi connectivity index (χ4v) is 2.41. The first-order chi connectivity index (χ1) is 8.43. The molecule has 1 aliphatic carbocycles. The van der Waals surface area contributed by atoms with E-state index in [1.807, 2.05) is 7.05 Å². The number of nitrogens with zero attached hydrogens (tertiary/aromatic N) is 2. The number of hydrogen-bond donors (Lipinski definition) is 1. The van der Waals surface area contributed by atoms with Crippen LogP contribution in [0.3, 0.4) is 0 Å². The maximum absolute atomic E-state index is 12.1. The molecule has 5 heteroatoms. The Balaban J connectivity index is 2.46. The van der Waals surface area contributed by atoms with Crippen LogP contribution in [0.25, 0.3) is 0 Å². The number of carbonyl (C=O) groups excluding carboxylic acids is 2. The zero-order valence-electron chi connectivity index (χ0n) is 11.7. The molecule has 0 radical (unpaired) electrons. The van der Waals surface area contributed by atoms with Crippen molar-refractivity contribution in [3.8, 4) is 0 Å². The van der Waals surface area contributed by atoms with Gasteiger partial charge in [-0.25, -0.2) is 0 Å². The van der Waals surface area contributed by atoms with Gasteiger partial charge >= 0.3 is 0 Å². The molecule has 1 saturated carbocycles. The third-order valence-electron chi connectivity index (χ3n) is 3.65. The molecule has 0 spiro atoms. The van der Waals surface area contributed by atoms with E-state index in [4.69, 9.17) is 5.73 Å². The molecule has 1 aliphatic rings. The second-order valence-corrected chi connectivity index (χ2v) is 5.28. The quantitative estimate of drug-likeness (QED) is 0.799. The minimum Gasteiger partial charge on any atom is -0.341 e. The lowest BCUT2D eigenvalue weighted by Gasteiger charge is -2.32. The second kappa shape index (κ2) is 6.73.